The standard InChI is InChI=1S/C16H17F2NO2/c1-10(19)11-4-6-15(16(7-11)20-2)21-9-12-3-5-13(17)8-14(12)18/h3-8,10H,9,19H2,1-2H3. The molecule has 2 N–H and O–H groups in total. The number of nitrogens with two attached hydrogens (primary N) is 1. The van der Waals surface area contributed by atoms with Crippen molar-refractivity contribution in [1.29, 1.82) is 0 Å². The van der Waals surface area contributed by atoms with Crippen molar-refractivity contribution in [3.05, 3.63) is 59.2 Å². The first-order chi connectivity index (χ1) is 10.0. The third kappa shape index (κ3) is 3.70. The summed E-state index contributed by atoms with van der Waals surface area (Å²) < 4.78 is 37.2. The molecule has 21 heavy (non-hydrogen) atoms. The van der Waals surface area contributed by atoms with Gasteiger partial charge >= 0.3 is 0 Å². The van der Waals surface area contributed by atoms with Gasteiger partial charge in [-0.25, -0.2) is 8.78 Å². The predicted molar refractivity (Wildman–Crippen MR) is 76.3 cm³/mol. The van der Waals surface area contributed by atoms with Crippen LogP contribution in [-0.4, -0.2) is 7.11 Å². The Morgan fingerprint density at radius 3 is 2.48 bits per heavy atom. The lowest BCUT2D eigenvalue weighted by Crippen LogP contribution is -2.06. The fraction of sp³-hybridized carbons (Fsp3) is 0.250. The summed E-state index contributed by atoms with van der Waals surface area (Å²) in [6.07, 6.45) is 0. The molecule has 0 bridgehead atoms. The minimum atomic E-state index is -0.638. The van der Waals surface area contributed by atoms with E-state index in [9.17, 15) is 8.78 Å². The third-order valence-corrected chi connectivity index (χ3v) is 3.11. The van der Waals surface area contributed by atoms with E-state index in [-0.39, 0.29) is 18.2 Å². The minimum absolute atomic E-state index is 0.0139. The second kappa shape index (κ2) is 6.54. The first kappa shape index (κ1) is 15.3. The van der Waals surface area contributed by atoms with E-state index in [1.807, 2.05) is 13.0 Å². The summed E-state index contributed by atoms with van der Waals surface area (Å²) in [7, 11) is 1.52. The maximum Gasteiger partial charge on any atom is 0.161 e. The quantitative estimate of drug-likeness (QED) is 0.916. The fourth-order valence-electron chi connectivity index (χ4n) is 1.88. The lowest BCUT2D eigenvalue weighted by Gasteiger charge is -2.14. The zero-order valence-electron chi connectivity index (χ0n) is 11.9. The smallest absolute Gasteiger partial charge is 0.161 e. The molecule has 0 fully saturated rings. The largest absolute Gasteiger partial charge is 0.493 e. The fourth-order valence-corrected chi connectivity index (χ4v) is 1.88. The van der Waals surface area contributed by atoms with Crippen molar-refractivity contribution >= 4 is 0 Å². The van der Waals surface area contributed by atoms with Crippen molar-refractivity contribution in [1.82, 2.24) is 0 Å². The van der Waals surface area contributed by atoms with Crippen LogP contribution in [0.5, 0.6) is 11.5 Å². The van der Waals surface area contributed by atoms with Crippen LogP contribution in [0.1, 0.15) is 24.1 Å². The van der Waals surface area contributed by atoms with E-state index in [1.54, 1.807) is 12.1 Å². The molecule has 3 nitrogen and oxygen atoms in total. The van der Waals surface area contributed by atoms with Gasteiger partial charge in [0.05, 0.1) is 7.11 Å². The van der Waals surface area contributed by atoms with Gasteiger partial charge in [0.2, 0.25) is 0 Å². The van der Waals surface area contributed by atoms with Crippen molar-refractivity contribution in [3.8, 4) is 11.5 Å². The predicted octanol–water partition coefficient (Wildman–Crippen LogP) is 3.57. The molecule has 0 aliphatic rings. The molecule has 2 aromatic carbocycles. The Hall–Kier alpha value is -2.14. The molecule has 2 aromatic rings. The van der Waals surface area contributed by atoms with Gasteiger partial charge in [0, 0.05) is 17.7 Å². The summed E-state index contributed by atoms with van der Waals surface area (Å²) in [5, 5.41) is 0. The molecule has 112 valence electrons. The minimum Gasteiger partial charge on any atom is -0.493 e. The first-order valence-corrected chi connectivity index (χ1v) is 6.51. The van der Waals surface area contributed by atoms with E-state index in [2.05, 4.69) is 0 Å². The van der Waals surface area contributed by atoms with Gasteiger partial charge in [-0.2, -0.15) is 0 Å². The van der Waals surface area contributed by atoms with Crippen LogP contribution in [-0.2, 0) is 6.61 Å². The summed E-state index contributed by atoms with van der Waals surface area (Å²) in [5.74, 6) is -0.255. The maximum atomic E-state index is 13.5. The highest BCUT2D eigenvalue weighted by Gasteiger charge is 2.10. The van der Waals surface area contributed by atoms with Crippen LogP contribution in [0, 0.1) is 11.6 Å². The van der Waals surface area contributed by atoms with Crippen LogP contribution in [0.15, 0.2) is 36.4 Å². The third-order valence-electron chi connectivity index (χ3n) is 3.11. The van der Waals surface area contributed by atoms with E-state index in [0.717, 1.165) is 11.6 Å². The Morgan fingerprint density at radius 2 is 1.86 bits per heavy atom. The van der Waals surface area contributed by atoms with Gasteiger partial charge in [0.25, 0.3) is 0 Å². The van der Waals surface area contributed by atoms with Gasteiger partial charge in [0.15, 0.2) is 11.5 Å². The lowest BCUT2D eigenvalue weighted by molar-refractivity contribution is 0.279. The molecule has 0 amide bonds. The molecule has 0 saturated heterocycles. The van der Waals surface area contributed by atoms with Crippen LogP contribution in [0.25, 0.3) is 0 Å². The second-order valence-electron chi connectivity index (χ2n) is 4.72. The number of hydrogen-bond donors (Lipinski definition) is 1. The molecule has 0 aromatic heterocycles. The first-order valence-electron chi connectivity index (χ1n) is 6.51. The molecule has 1 atom stereocenters. The highest BCUT2D eigenvalue weighted by atomic mass is 19.1. The summed E-state index contributed by atoms with van der Waals surface area (Å²) in [6, 6.07) is 8.58. The summed E-state index contributed by atoms with van der Waals surface area (Å²) in [6.45, 7) is 1.85. The summed E-state index contributed by atoms with van der Waals surface area (Å²) >= 11 is 0. The monoisotopic (exact) mass is 293 g/mol. The molecule has 0 saturated carbocycles. The highest BCUT2D eigenvalue weighted by Crippen LogP contribution is 2.30. The second-order valence-corrected chi connectivity index (χ2v) is 4.72. The maximum absolute atomic E-state index is 13.5. The molecule has 0 aliphatic heterocycles. The molecular weight excluding hydrogens is 276 g/mol. The Balaban J connectivity index is 2.16. The molecule has 2 rings (SSSR count). The Kier molecular flexibility index (Phi) is 4.75. The molecule has 0 heterocycles. The summed E-state index contributed by atoms with van der Waals surface area (Å²) in [4.78, 5) is 0. The van der Waals surface area contributed by atoms with Crippen LogP contribution in [0.2, 0.25) is 0 Å². The number of halogens is 2. The Morgan fingerprint density at radius 1 is 1.10 bits per heavy atom. The number of rotatable bonds is 5. The molecule has 0 radical (unpaired) electrons. The molecular formula is C16H17F2NO2. The van der Waals surface area contributed by atoms with Crippen molar-refractivity contribution in [3.63, 3.8) is 0 Å². The zero-order valence-corrected chi connectivity index (χ0v) is 11.9. The number of benzene rings is 2. The van der Waals surface area contributed by atoms with E-state index >= 15 is 0 Å². The van der Waals surface area contributed by atoms with Gasteiger partial charge < -0.3 is 15.2 Å². The van der Waals surface area contributed by atoms with Crippen molar-refractivity contribution in [2.45, 2.75) is 19.6 Å². The Bertz CT molecular complexity index is 630. The van der Waals surface area contributed by atoms with E-state index in [1.165, 1.54) is 19.2 Å². The molecule has 1 unspecified atom stereocenters. The summed E-state index contributed by atoms with van der Waals surface area (Å²) in [5.41, 5.74) is 6.99. The number of methoxy groups -OCH3 is 1. The van der Waals surface area contributed by atoms with Gasteiger partial charge in [-0.15, -0.1) is 0 Å². The zero-order chi connectivity index (χ0) is 15.4. The van der Waals surface area contributed by atoms with Crippen LogP contribution in [0.3, 0.4) is 0 Å². The normalized spacial score (nSPS) is 12.0. The number of ether oxygens (including phenoxy) is 2. The average Bonchev–Trinajstić information content (AvgIpc) is 2.46. The SMILES string of the molecule is COc1cc(C(C)N)ccc1OCc1ccc(F)cc1F. The van der Waals surface area contributed by atoms with Crippen molar-refractivity contribution in [2.24, 2.45) is 5.73 Å². The molecule has 5 heteroatoms. The van der Waals surface area contributed by atoms with Crippen molar-refractivity contribution < 1.29 is 18.3 Å². The van der Waals surface area contributed by atoms with Gasteiger partial charge in [0.1, 0.15) is 18.2 Å². The van der Waals surface area contributed by atoms with E-state index < -0.39 is 11.6 Å². The van der Waals surface area contributed by atoms with E-state index in [0.29, 0.717) is 11.5 Å². The molecule has 0 aliphatic carbocycles. The lowest BCUT2D eigenvalue weighted by atomic mass is 10.1. The molecule has 0 spiro atoms. The average molecular weight is 293 g/mol. The van der Waals surface area contributed by atoms with Crippen LogP contribution in [0.4, 0.5) is 8.78 Å². The highest BCUT2D eigenvalue weighted by molar-refractivity contribution is 5.43. The van der Waals surface area contributed by atoms with Gasteiger partial charge in [-0.3, -0.25) is 0 Å². The number of hydrogen-bond acceptors (Lipinski definition) is 3. The van der Waals surface area contributed by atoms with Crippen LogP contribution < -0.4 is 15.2 Å². The van der Waals surface area contributed by atoms with E-state index in [4.69, 9.17) is 15.2 Å². The Labute approximate surface area is 122 Å². The topological polar surface area (TPSA) is 44.5 Å². The van der Waals surface area contributed by atoms with Crippen molar-refractivity contribution in [2.75, 3.05) is 7.11 Å². The van der Waals surface area contributed by atoms with Crippen LogP contribution >= 0.6 is 0 Å². The van der Waals surface area contributed by atoms with Gasteiger partial charge in [-0.1, -0.05) is 6.07 Å². The van der Waals surface area contributed by atoms with Gasteiger partial charge in [-0.05, 0) is 36.8 Å².